The van der Waals surface area contributed by atoms with Gasteiger partial charge in [-0.05, 0) is 25.0 Å². The molecule has 0 aromatic heterocycles. The molecule has 1 aromatic carbocycles. The van der Waals surface area contributed by atoms with Crippen LogP contribution < -0.4 is 9.46 Å². The predicted molar refractivity (Wildman–Crippen MR) is 75.8 cm³/mol. The summed E-state index contributed by atoms with van der Waals surface area (Å²) in [5.41, 5.74) is 0.0762. The number of unbranched alkanes of at least 4 members (excludes halogenated alkanes) is 1. The van der Waals surface area contributed by atoms with E-state index in [-0.39, 0.29) is 30.1 Å². The maximum atomic E-state index is 11.2. The van der Waals surface area contributed by atoms with E-state index >= 15 is 0 Å². The first-order valence-electron chi connectivity index (χ1n) is 6.24. The van der Waals surface area contributed by atoms with Crippen molar-refractivity contribution in [3.8, 4) is 11.5 Å². The highest BCUT2D eigenvalue weighted by Gasteiger charge is 2.09. The number of aromatic hydroxyl groups is 1. The second kappa shape index (κ2) is 7.63. The molecule has 0 bridgehead atoms. The second-order valence-corrected chi connectivity index (χ2v) is 6.16. The third-order valence-electron chi connectivity index (χ3n) is 2.52. The molecule has 21 heavy (non-hydrogen) atoms. The zero-order valence-corrected chi connectivity index (χ0v) is 12.4. The van der Waals surface area contributed by atoms with E-state index in [1.807, 2.05) is 4.72 Å². The Balaban J connectivity index is 2.34. The summed E-state index contributed by atoms with van der Waals surface area (Å²) >= 11 is 0. The van der Waals surface area contributed by atoms with Gasteiger partial charge in [0.05, 0.1) is 18.4 Å². The number of nitrogens with one attached hydrogen (secondary N) is 1. The Morgan fingerprint density at radius 3 is 2.71 bits per heavy atom. The first-order chi connectivity index (χ1) is 9.83. The van der Waals surface area contributed by atoms with Crippen molar-refractivity contribution in [2.24, 2.45) is 0 Å². The molecule has 0 fully saturated rings. The summed E-state index contributed by atoms with van der Waals surface area (Å²) in [7, 11) is -3.52. The maximum absolute atomic E-state index is 11.2. The van der Waals surface area contributed by atoms with Crippen molar-refractivity contribution in [2.75, 3.05) is 12.9 Å². The molecule has 1 amide bonds. The Morgan fingerprint density at radius 1 is 1.38 bits per heavy atom. The van der Waals surface area contributed by atoms with Gasteiger partial charge in [-0.25, -0.2) is 8.42 Å². The number of ether oxygens (including phenoxy) is 1. The lowest BCUT2D eigenvalue weighted by molar-refractivity contribution is -0.119. The molecule has 2 N–H and O–H groups in total. The van der Waals surface area contributed by atoms with Crippen LogP contribution in [0.3, 0.4) is 0 Å². The Kier molecular flexibility index (Phi) is 6.16. The third kappa shape index (κ3) is 6.26. The first kappa shape index (κ1) is 17.0. The highest BCUT2D eigenvalue weighted by molar-refractivity contribution is 7.89. The lowest BCUT2D eigenvalue weighted by Crippen LogP contribution is -2.29. The standard InChI is InChI=1S/C13H17NO6S/c1-21(18,19)14-13(17)7-2-3-8-20-12-6-4-5-11(16)10(12)9-15/h4-6,9,16H,2-3,7-8H2,1H3,(H,14,17). The van der Waals surface area contributed by atoms with E-state index in [2.05, 4.69) is 0 Å². The number of hydrogen-bond acceptors (Lipinski definition) is 6. The molecule has 0 saturated heterocycles. The maximum Gasteiger partial charge on any atom is 0.233 e. The zero-order valence-electron chi connectivity index (χ0n) is 11.5. The summed E-state index contributed by atoms with van der Waals surface area (Å²) < 4.78 is 28.8. The number of carbonyl (C=O) groups is 2. The first-order valence-corrected chi connectivity index (χ1v) is 8.13. The number of rotatable bonds is 8. The van der Waals surface area contributed by atoms with Gasteiger partial charge in [0.1, 0.15) is 11.5 Å². The third-order valence-corrected chi connectivity index (χ3v) is 3.11. The van der Waals surface area contributed by atoms with Crippen molar-refractivity contribution >= 4 is 22.2 Å². The molecular formula is C13H17NO6S. The van der Waals surface area contributed by atoms with Gasteiger partial charge in [0.15, 0.2) is 6.29 Å². The van der Waals surface area contributed by atoms with Crippen LogP contribution in [0.15, 0.2) is 18.2 Å². The molecule has 0 aliphatic rings. The average Bonchev–Trinajstić information content (AvgIpc) is 2.36. The number of benzene rings is 1. The van der Waals surface area contributed by atoms with Crippen LogP contribution in [0.4, 0.5) is 0 Å². The van der Waals surface area contributed by atoms with Crippen molar-refractivity contribution in [3.05, 3.63) is 23.8 Å². The van der Waals surface area contributed by atoms with E-state index in [4.69, 9.17) is 4.74 Å². The van der Waals surface area contributed by atoms with Gasteiger partial charge in [-0.2, -0.15) is 0 Å². The summed E-state index contributed by atoms with van der Waals surface area (Å²) in [6.45, 7) is 0.246. The summed E-state index contributed by atoms with van der Waals surface area (Å²) in [5, 5.41) is 9.45. The zero-order chi connectivity index (χ0) is 15.9. The molecule has 0 aliphatic heterocycles. The second-order valence-electron chi connectivity index (χ2n) is 4.41. The highest BCUT2D eigenvalue weighted by Crippen LogP contribution is 2.25. The average molecular weight is 315 g/mol. The minimum atomic E-state index is -3.52. The van der Waals surface area contributed by atoms with Crippen LogP contribution in [0.5, 0.6) is 11.5 Å². The van der Waals surface area contributed by atoms with Crippen LogP contribution >= 0.6 is 0 Å². The molecule has 0 saturated carbocycles. The molecule has 0 unspecified atom stereocenters. The highest BCUT2D eigenvalue weighted by atomic mass is 32.2. The number of hydrogen-bond donors (Lipinski definition) is 2. The van der Waals surface area contributed by atoms with Gasteiger partial charge in [0.2, 0.25) is 15.9 Å². The van der Waals surface area contributed by atoms with Gasteiger partial charge in [-0.1, -0.05) is 6.07 Å². The van der Waals surface area contributed by atoms with Gasteiger partial charge in [0, 0.05) is 6.42 Å². The molecule has 8 heteroatoms. The quantitative estimate of drug-likeness (QED) is 0.543. The van der Waals surface area contributed by atoms with E-state index < -0.39 is 15.9 Å². The molecule has 0 heterocycles. The minimum absolute atomic E-state index is 0.0665. The van der Waals surface area contributed by atoms with E-state index in [9.17, 15) is 23.1 Å². The van der Waals surface area contributed by atoms with Crippen LogP contribution in [-0.2, 0) is 14.8 Å². The molecule has 7 nitrogen and oxygen atoms in total. The number of phenols is 1. The smallest absolute Gasteiger partial charge is 0.233 e. The van der Waals surface area contributed by atoms with Crippen molar-refractivity contribution in [3.63, 3.8) is 0 Å². The summed E-state index contributed by atoms with van der Waals surface area (Å²) in [6.07, 6.45) is 2.43. The molecule has 0 aliphatic carbocycles. The van der Waals surface area contributed by atoms with E-state index in [0.717, 1.165) is 6.26 Å². The Morgan fingerprint density at radius 2 is 2.10 bits per heavy atom. The molecule has 0 atom stereocenters. The van der Waals surface area contributed by atoms with Crippen molar-refractivity contribution in [1.82, 2.24) is 4.72 Å². The van der Waals surface area contributed by atoms with Crippen LogP contribution in [0, 0.1) is 0 Å². The molecule has 1 rings (SSSR count). The van der Waals surface area contributed by atoms with Gasteiger partial charge >= 0.3 is 0 Å². The van der Waals surface area contributed by atoms with Gasteiger partial charge in [-0.3, -0.25) is 14.3 Å². The summed E-state index contributed by atoms with van der Waals surface area (Å²) in [5.74, 6) is -0.455. The van der Waals surface area contributed by atoms with Crippen LogP contribution in [0.1, 0.15) is 29.6 Å². The topological polar surface area (TPSA) is 110 Å². The van der Waals surface area contributed by atoms with Crippen LogP contribution in [0.2, 0.25) is 0 Å². The fraction of sp³-hybridized carbons (Fsp3) is 0.385. The van der Waals surface area contributed by atoms with Crippen molar-refractivity contribution in [1.29, 1.82) is 0 Å². The lowest BCUT2D eigenvalue weighted by atomic mass is 10.2. The summed E-state index contributed by atoms with van der Waals surface area (Å²) in [6, 6.07) is 4.49. The molecule has 1 aromatic rings. The largest absolute Gasteiger partial charge is 0.507 e. The van der Waals surface area contributed by atoms with Crippen molar-refractivity contribution < 1.29 is 27.9 Å². The molecule has 0 radical (unpaired) electrons. The normalized spacial score (nSPS) is 10.9. The minimum Gasteiger partial charge on any atom is -0.507 e. The van der Waals surface area contributed by atoms with E-state index in [0.29, 0.717) is 19.1 Å². The number of aldehydes is 1. The number of carbonyl (C=O) groups excluding carboxylic acids is 2. The van der Waals surface area contributed by atoms with Gasteiger partial charge < -0.3 is 9.84 Å². The molecule has 116 valence electrons. The van der Waals surface area contributed by atoms with E-state index in [1.165, 1.54) is 6.07 Å². The van der Waals surface area contributed by atoms with Gasteiger partial charge in [-0.15, -0.1) is 0 Å². The fourth-order valence-corrected chi connectivity index (χ4v) is 2.12. The number of sulfonamides is 1. The van der Waals surface area contributed by atoms with Gasteiger partial charge in [0.25, 0.3) is 0 Å². The van der Waals surface area contributed by atoms with Crippen LogP contribution in [0.25, 0.3) is 0 Å². The molecule has 0 spiro atoms. The lowest BCUT2D eigenvalue weighted by Gasteiger charge is -2.09. The summed E-state index contributed by atoms with van der Waals surface area (Å²) in [4.78, 5) is 22.0. The van der Waals surface area contributed by atoms with E-state index in [1.54, 1.807) is 12.1 Å². The SMILES string of the molecule is CS(=O)(=O)NC(=O)CCCCOc1cccc(O)c1C=O. The predicted octanol–water partition coefficient (Wildman–Crippen LogP) is 0.830. The number of phenolic OH excluding ortho intramolecular Hbond substituents is 1. The monoisotopic (exact) mass is 315 g/mol. The Hall–Kier alpha value is -2.09. The molecular weight excluding hydrogens is 298 g/mol. The Bertz CT molecular complexity index is 611. The Labute approximate surface area is 123 Å². The van der Waals surface area contributed by atoms with Crippen LogP contribution in [-0.4, -0.2) is 38.6 Å². The fourth-order valence-electron chi connectivity index (χ4n) is 1.60. The van der Waals surface area contributed by atoms with Crippen molar-refractivity contribution in [2.45, 2.75) is 19.3 Å². The number of amides is 1.